The van der Waals surface area contributed by atoms with E-state index in [4.69, 9.17) is 0 Å². The number of amides is 1. The number of carbonyl (C=O) groups is 2. The Bertz CT molecular complexity index is 756. The second-order valence-corrected chi connectivity index (χ2v) is 8.88. The Hall–Kier alpha value is -2.00. The summed E-state index contributed by atoms with van der Waals surface area (Å²) in [6.07, 6.45) is 6.07. The molecule has 1 aromatic rings. The van der Waals surface area contributed by atoms with Gasteiger partial charge in [0, 0.05) is 31.4 Å². The number of nitrogens with zero attached hydrogens (tertiary/aromatic N) is 2. The van der Waals surface area contributed by atoms with Crippen molar-refractivity contribution in [3.05, 3.63) is 24.5 Å². The van der Waals surface area contributed by atoms with E-state index in [0.717, 1.165) is 12.8 Å². The van der Waals surface area contributed by atoms with Crippen LogP contribution in [0.4, 0.5) is 0 Å². The van der Waals surface area contributed by atoms with E-state index in [-0.39, 0.29) is 29.8 Å². The van der Waals surface area contributed by atoms with Gasteiger partial charge in [-0.1, -0.05) is 12.8 Å². The monoisotopic (exact) mass is 381 g/mol. The van der Waals surface area contributed by atoms with Crippen molar-refractivity contribution in [1.29, 1.82) is 0 Å². The number of carboxylic acid groups (broad SMARTS) is 1. The van der Waals surface area contributed by atoms with Gasteiger partial charge in [-0.05, 0) is 37.3 Å². The number of hydrogen-bond acceptors (Lipinski definition) is 5. The van der Waals surface area contributed by atoms with Gasteiger partial charge in [0.15, 0.2) is 0 Å². The zero-order valence-corrected chi connectivity index (χ0v) is 15.2. The Labute approximate surface area is 152 Å². The first-order valence-electron chi connectivity index (χ1n) is 8.81. The zero-order valence-electron chi connectivity index (χ0n) is 14.4. The molecule has 1 amide bonds. The number of carbonyl (C=O) groups excluding carboxylic acids is 1. The number of rotatable bonds is 7. The van der Waals surface area contributed by atoms with Crippen molar-refractivity contribution in [3.8, 4) is 0 Å². The van der Waals surface area contributed by atoms with Crippen LogP contribution in [0.2, 0.25) is 0 Å². The maximum atomic E-state index is 12.6. The molecular weight excluding hydrogens is 358 g/mol. The van der Waals surface area contributed by atoms with Crippen molar-refractivity contribution < 1.29 is 23.1 Å². The highest BCUT2D eigenvalue weighted by Gasteiger charge is 2.35. The van der Waals surface area contributed by atoms with Crippen LogP contribution in [0, 0.1) is 11.8 Å². The van der Waals surface area contributed by atoms with Crippen molar-refractivity contribution in [3.63, 3.8) is 0 Å². The van der Waals surface area contributed by atoms with E-state index in [0.29, 0.717) is 25.2 Å². The first-order valence-corrected chi connectivity index (χ1v) is 10.3. The van der Waals surface area contributed by atoms with Crippen molar-refractivity contribution in [2.24, 2.45) is 11.8 Å². The number of pyridine rings is 1. The molecule has 2 heterocycles. The van der Waals surface area contributed by atoms with Crippen LogP contribution in [0.5, 0.6) is 0 Å². The van der Waals surface area contributed by atoms with E-state index in [1.807, 2.05) is 0 Å². The predicted octanol–water partition coefficient (Wildman–Crippen LogP) is 0.852. The summed E-state index contributed by atoms with van der Waals surface area (Å²) in [6, 6.07) is 2.21. The fourth-order valence-electron chi connectivity index (χ4n) is 3.21. The molecule has 8 nitrogen and oxygen atoms in total. The van der Waals surface area contributed by atoms with Gasteiger partial charge in [0.25, 0.3) is 0 Å². The summed E-state index contributed by atoms with van der Waals surface area (Å²) in [6.45, 7) is 0.464. The van der Waals surface area contributed by atoms with Gasteiger partial charge in [-0.2, -0.15) is 4.31 Å². The summed E-state index contributed by atoms with van der Waals surface area (Å²) < 4.78 is 26.5. The SMILES string of the molecule is O=C(NC(CC1CC1)C(=O)O)C1CCN(S(=O)(=O)c2cccnc2)CC1. The number of nitrogens with one attached hydrogen (secondary N) is 1. The molecule has 2 fully saturated rings. The van der Waals surface area contributed by atoms with E-state index >= 15 is 0 Å². The first-order chi connectivity index (χ1) is 12.4. The van der Waals surface area contributed by atoms with Gasteiger partial charge < -0.3 is 10.4 Å². The van der Waals surface area contributed by atoms with Crippen LogP contribution in [0.15, 0.2) is 29.4 Å². The minimum Gasteiger partial charge on any atom is -0.480 e. The second-order valence-electron chi connectivity index (χ2n) is 6.95. The number of aromatic nitrogens is 1. The Morgan fingerprint density at radius 3 is 2.50 bits per heavy atom. The normalized spacial score (nSPS) is 20.5. The lowest BCUT2D eigenvalue weighted by atomic mass is 9.96. The molecule has 1 aromatic heterocycles. The average molecular weight is 381 g/mol. The van der Waals surface area contributed by atoms with Gasteiger partial charge >= 0.3 is 5.97 Å². The number of sulfonamides is 1. The topological polar surface area (TPSA) is 117 Å². The molecule has 26 heavy (non-hydrogen) atoms. The Morgan fingerprint density at radius 2 is 1.96 bits per heavy atom. The predicted molar refractivity (Wildman–Crippen MR) is 92.6 cm³/mol. The first kappa shape index (κ1) is 18.8. The molecule has 1 unspecified atom stereocenters. The molecule has 2 aliphatic rings. The lowest BCUT2D eigenvalue weighted by molar-refractivity contribution is -0.143. The summed E-state index contributed by atoms with van der Waals surface area (Å²) in [4.78, 5) is 27.7. The standard InChI is InChI=1S/C17H23N3O5S/c21-16(19-15(17(22)23)10-12-3-4-12)13-5-8-20(9-6-13)26(24,25)14-2-1-7-18-11-14/h1-2,7,11-13,15H,3-6,8-10H2,(H,19,21)(H,22,23). The molecule has 142 valence electrons. The van der Waals surface area contributed by atoms with Crippen molar-refractivity contribution in [2.45, 2.75) is 43.0 Å². The average Bonchev–Trinajstić information content (AvgIpc) is 3.46. The number of aliphatic carboxylic acids is 1. The summed E-state index contributed by atoms with van der Waals surface area (Å²) in [5.41, 5.74) is 0. The minimum atomic E-state index is -3.61. The third kappa shape index (κ3) is 4.39. The van der Waals surface area contributed by atoms with Crippen LogP contribution in [-0.2, 0) is 19.6 Å². The Kier molecular flexibility index (Phi) is 5.57. The fourth-order valence-corrected chi connectivity index (χ4v) is 4.64. The maximum absolute atomic E-state index is 12.6. The fraction of sp³-hybridized carbons (Fsp3) is 0.588. The molecule has 1 saturated heterocycles. The zero-order chi connectivity index (χ0) is 18.7. The third-order valence-electron chi connectivity index (χ3n) is 4.98. The molecule has 1 aliphatic carbocycles. The molecule has 0 bridgehead atoms. The van der Waals surface area contributed by atoms with E-state index < -0.39 is 22.0 Å². The molecule has 0 aromatic carbocycles. The highest BCUT2D eigenvalue weighted by atomic mass is 32.2. The van der Waals surface area contributed by atoms with Gasteiger partial charge in [-0.15, -0.1) is 0 Å². The number of hydrogen-bond donors (Lipinski definition) is 2. The van der Waals surface area contributed by atoms with E-state index in [1.54, 1.807) is 6.07 Å². The van der Waals surface area contributed by atoms with E-state index in [2.05, 4.69) is 10.3 Å². The van der Waals surface area contributed by atoms with Crippen LogP contribution in [-0.4, -0.2) is 53.8 Å². The van der Waals surface area contributed by atoms with Gasteiger partial charge in [0.2, 0.25) is 15.9 Å². The summed E-state index contributed by atoms with van der Waals surface area (Å²) in [5, 5.41) is 11.9. The smallest absolute Gasteiger partial charge is 0.326 e. The minimum absolute atomic E-state index is 0.137. The maximum Gasteiger partial charge on any atom is 0.326 e. The van der Waals surface area contributed by atoms with Crippen molar-refractivity contribution >= 4 is 21.9 Å². The van der Waals surface area contributed by atoms with Crippen LogP contribution in [0.1, 0.15) is 32.1 Å². The molecule has 1 atom stereocenters. The van der Waals surface area contributed by atoms with Gasteiger partial charge in [-0.3, -0.25) is 9.78 Å². The molecule has 1 saturated carbocycles. The highest BCUT2D eigenvalue weighted by molar-refractivity contribution is 7.89. The Balaban J connectivity index is 1.56. The van der Waals surface area contributed by atoms with Crippen LogP contribution < -0.4 is 5.32 Å². The number of piperidine rings is 1. The van der Waals surface area contributed by atoms with Crippen molar-refractivity contribution in [1.82, 2.24) is 14.6 Å². The van der Waals surface area contributed by atoms with Crippen LogP contribution in [0.3, 0.4) is 0 Å². The summed E-state index contributed by atoms with van der Waals surface area (Å²) in [7, 11) is -3.61. The molecule has 3 rings (SSSR count). The molecule has 0 radical (unpaired) electrons. The summed E-state index contributed by atoms with van der Waals surface area (Å²) >= 11 is 0. The number of carboxylic acids is 1. The highest BCUT2D eigenvalue weighted by Crippen LogP contribution is 2.33. The van der Waals surface area contributed by atoms with E-state index in [1.165, 1.54) is 22.8 Å². The molecule has 2 N–H and O–H groups in total. The van der Waals surface area contributed by atoms with E-state index in [9.17, 15) is 23.1 Å². The summed E-state index contributed by atoms with van der Waals surface area (Å²) in [5.74, 6) is -1.28. The van der Waals surface area contributed by atoms with Gasteiger partial charge in [-0.25, -0.2) is 13.2 Å². The molecular formula is C17H23N3O5S. The largest absolute Gasteiger partial charge is 0.480 e. The third-order valence-corrected chi connectivity index (χ3v) is 6.86. The van der Waals surface area contributed by atoms with Crippen LogP contribution >= 0.6 is 0 Å². The molecule has 9 heteroatoms. The van der Waals surface area contributed by atoms with Crippen molar-refractivity contribution in [2.75, 3.05) is 13.1 Å². The van der Waals surface area contributed by atoms with Gasteiger partial charge in [0.1, 0.15) is 10.9 Å². The van der Waals surface area contributed by atoms with Gasteiger partial charge in [0.05, 0.1) is 0 Å². The lowest BCUT2D eigenvalue weighted by Gasteiger charge is -2.31. The second kappa shape index (κ2) is 7.71. The van der Waals surface area contributed by atoms with Crippen LogP contribution in [0.25, 0.3) is 0 Å². The molecule has 1 aliphatic heterocycles. The Morgan fingerprint density at radius 1 is 1.27 bits per heavy atom. The molecule has 0 spiro atoms. The lowest BCUT2D eigenvalue weighted by Crippen LogP contribution is -2.47. The quantitative estimate of drug-likeness (QED) is 0.723.